The van der Waals surface area contributed by atoms with Crippen molar-refractivity contribution in [1.82, 2.24) is 29.3 Å². The second kappa shape index (κ2) is 10.8. The molecule has 1 aliphatic heterocycles. The Balaban J connectivity index is 1.31. The second-order valence-electron chi connectivity index (χ2n) is 11.4. The van der Waals surface area contributed by atoms with Gasteiger partial charge in [-0.3, -0.25) is 13.9 Å². The van der Waals surface area contributed by atoms with E-state index >= 15 is 0 Å². The monoisotopic (exact) mass is 628 g/mol. The van der Waals surface area contributed by atoms with Crippen LogP contribution in [0.15, 0.2) is 41.3 Å². The number of fused-ring (bicyclic) bond motifs is 3. The number of aromatic nitrogens is 4. The predicted molar refractivity (Wildman–Crippen MR) is 156 cm³/mol. The number of anilines is 2. The Morgan fingerprint density at radius 1 is 1.16 bits per heavy atom. The number of halogens is 3. The van der Waals surface area contributed by atoms with Crippen molar-refractivity contribution in [2.24, 2.45) is 6.98 Å². The van der Waals surface area contributed by atoms with Gasteiger partial charge in [-0.15, -0.1) is 0 Å². The minimum Gasteiger partial charge on any atom is -0.453 e. The van der Waals surface area contributed by atoms with Crippen molar-refractivity contribution >= 4 is 45.6 Å². The fourth-order valence-corrected chi connectivity index (χ4v) is 6.48. The van der Waals surface area contributed by atoms with Crippen molar-refractivity contribution in [3.8, 4) is 0 Å². The largest absolute Gasteiger partial charge is 0.453 e. The first-order valence-corrected chi connectivity index (χ1v) is 14.4. The van der Waals surface area contributed by atoms with Crippen LogP contribution in [0.3, 0.4) is 0 Å². The number of carbonyl (C=O) groups excluding carboxylic acids is 2. The van der Waals surface area contributed by atoms with E-state index in [4.69, 9.17) is 8.85 Å². The van der Waals surface area contributed by atoms with Crippen molar-refractivity contribution in [1.29, 1.82) is 0 Å². The molecule has 3 aromatic heterocycles. The molecule has 2 saturated carbocycles. The zero-order valence-corrected chi connectivity index (χ0v) is 23.9. The summed E-state index contributed by atoms with van der Waals surface area (Å²) in [6.45, 7) is -2.24. The van der Waals surface area contributed by atoms with Gasteiger partial charge in [0.25, 0.3) is 5.91 Å². The SMILES string of the molecule is [2H]C([2H])([2H])n1c(=O)n([C@@H]2CC[C@@H](NC(=O)OC)C2)c2cc(Nc3cc(C(=O)N4CCOC5CC54)c4cccc(C(F)(F)F)c4n3)ncc21. The number of para-hydroxylation sites is 1. The molecule has 0 radical (unpaired) electrons. The van der Waals surface area contributed by atoms with E-state index in [-0.39, 0.29) is 51.8 Å². The predicted octanol–water partition coefficient (Wildman–Crippen LogP) is 4.11. The van der Waals surface area contributed by atoms with Crippen LogP contribution in [-0.4, -0.2) is 74.5 Å². The summed E-state index contributed by atoms with van der Waals surface area (Å²) in [5.41, 5.74) is -2.01. The number of alkyl carbamates (subject to hydrolysis) is 1. The van der Waals surface area contributed by atoms with Crippen molar-refractivity contribution in [3.05, 3.63) is 58.1 Å². The molecule has 4 atom stereocenters. The van der Waals surface area contributed by atoms with Crippen molar-refractivity contribution < 1.29 is 36.3 Å². The lowest BCUT2D eigenvalue weighted by molar-refractivity contribution is -0.136. The van der Waals surface area contributed by atoms with Crippen LogP contribution >= 0.6 is 0 Å². The van der Waals surface area contributed by atoms with E-state index in [0.29, 0.717) is 43.4 Å². The van der Waals surface area contributed by atoms with Gasteiger partial charge in [0.1, 0.15) is 11.6 Å². The molecule has 2 unspecified atom stereocenters. The van der Waals surface area contributed by atoms with E-state index in [1.807, 2.05) is 0 Å². The van der Waals surface area contributed by atoms with E-state index < -0.39 is 48.0 Å². The van der Waals surface area contributed by atoms with Gasteiger partial charge in [0.05, 0.1) is 59.7 Å². The van der Waals surface area contributed by atoms with Gasteiger partial charge < -0.3 is 25.0 Å². The molecule has 0 spiro atoms. The molecule has 1 aromatic carbocycles. The van der Waals surface area contributed by atoms with Crippen molar-refractivity contribution in [3.63, 3.8) is 0 Å². The minimum atomic E-state index is -4.76. The Morgan fingerprint density at radius 2 is 2.00 bits per heavy atom. The zero-order chi connectivity index (χ0) is 34.1. The lowest BCUT2D eigenvalue weighted by Crippen LogP contribution is -2.41. The van der Waals surface area contributed by atoms with Gasteiger partial charge in [0.15, 0.2) is 0 Å². The molecular weight excluding hydrogens is 595 g/mol. The summed E-state index contributed by atoms with van der Waals surface area (Å²) >= 11 is 0. The number of morpholine rings is 1. The van der Waals surface area contributed by atoms with Crippen LogP contribution in [-0.2, 0) is 22.6 Å². The highest BCUT2D eigenvalue weighted by molar-refractivity contribution is 6.08. The number of benzene rings is 1. The maximum Gasteiger partial charge on any atom is 0.418 e. The Labute approximate surface area is 258 Å². The standard InChI is InChI=1S/C30H30F3N7O5/c1-38-22-14-34-24(13-20(22)40(29(38)43)16-7-6-15(10-16)35-28(42)44-2)36-25-11-18(27(41)39-8-9-45-23-12-21(23)39)17-4-3-5-19(26(17)37-25)30(31,32)33/h3-5,11,13-16,21,23H,6-10,12H2,1-2H3,(H,35,42)(H,34,36,37)/t15-,16-,21?,23?/m1/s1/i1D3. The molecule has 4 aromatic rings. The normalized spacial score (nSPS) is 24.1. The van der Waals surface area contributed by atoms with E-state index in [2.05, 4.69) is 25.3 Å². The molecule has 7 rings (SSSR count). The smallest absolute Gasteiger partial charge is 0.418 e. The summed E-state index contributed by atoms with van der Waals surface area (Å²) in [4.78, 5) is 49.3. The third-order valence-electron chi connectivity index (χ3n) is 8.69. The highest BCUT2D eigenvalue weighted by Gasteiger charge is 2.48. The number of alkyl halides is 3. The molecule has 3 aliphatic rings. The number of ether oxygens (including phenoxy) is 2. The first-order valence-electron chi connectivity index (χ1n) is 15.9. The lowest BCUT2D eigenvalue weighted by Gasteiger charge is -2.27. The molecule has 236 valence electrons. The number of hydrogen-bond acceptors (Lipinski definition) is 8. The first-order chi connectivity index (χ1) is 22.7. The van der Waals surface area contributed by atoms with E-state index in [9.17, 15) is 27.6 Å². The van der Waals surface area contributed by atoms with Crippen LogP contribution in [0.25, 0.3) is 21.9 Å². The number of pyridine rings is 2. The number of methoxy groups -OCH3 is 1. The Hall–Kier alpha value is -4.66. The molecule has 1 saturated heterocycles. The average Bonchev–Trinajstić information content (AvgIpc) is 3.60. The summed E-state index contributed by atoms with van der Waals surface area (Å²) in [5, 5.41) is 5.63. The lowest BCUT2D eigenvalue weighted by atomic mass is 10.0. The summed E-state index contributed by atoms with van der Waals surface area (Å²) in [7, 11) is 1.23. The zero-order valence-electron chi connectivity index (χ0n) is 26.9. The highest BCUT2D eigenvalue weighted by atomic mass is 19.4. The Kier molecular flexibility index (Phi) is 6.13. The average molecular weight is 629 g/mol. The van der Waals surface area contributed by atoms with Gasteiger partial charge >= 0.3 is 18.0 Å². The molecule has 2 amide bonds. The van der Waals surface area contributed by atoms with Gasteiger partial charge in [0.2, 0.25) is 0 Å². The molecule has 2 N–H and O–H groups in total. The number of rotatable bonds is 5. The van der Waals surface area contributed by atoms with Crippen LogP contribution in [0.2, 0.25) is 0 Å². The molecule has 45 heavy (non-hydrogen) atoms. The molecule has 4 heterocycles. The van der Waals surface area contributed by atoms with Crippen LogP contribution in [0, 0.1) is 0 Å². The number of nitrogens with one attached hydrogen (secondary N) is 2. The van der Waals surface area contributed by atoms with E-state index in [1.165, 1.54) is 42.1 Å². The third-order valence-corrected chi connectivity index (χ3v) is 8.69. The van der Waals surface area contributed by atoms with E-state index in [0.717, 1.165) is 6.07 Å². The van der Waals surface area contributed by atoms with Gasteiger partial charge in [-0.1, -0.05) is 12.1 Å². The number of imidazole rings is 1. The van der Waals surface area contributed by atoms with Gasteiger partial charge in [-0.25, -0.2) is 19.6 Å². The van der Waals surface area contributed by atoms with Crippen LogP contribution < -0.4 is 16.3 Å². The van der Waals surface area contributed by atoms with Gasteiger partial charge in [0, 0.05) is 41.2 Å². The maximum atomic E-state index is 14.2. The minimum absolute atomic E-state index is 0.0165. The number of hydrogen-bond donors (Lipinski definition) is 2. The maximum absolute atomic E-state index is 14.2. The fraction of sp³-hybridized carbons (Fsp3) is 0.433. The third kappa shape index (κ3) is 5.14. The number of carbonyl (C=O) groups is 2. The summed E-state index contributed by atoms with van der Waals surface area (Å²) in [6, 6.07) is 5.36. The number of nitrogens with zero attached hydrogens (tertiary/aromatic N) is 5. The molecule has 3 fully saturated rings. The molecule has 0 bridgehead atoms. The Morgan fingerprint density at radius 3 is 2.78 bits per heavy atom. The first kappa shape index (κ1) is 25.6. The van der Waals surface area contributed by atoms with Crippen LogP contribution in [0.1, 0.15) is 51.8 Å². The van der Waals surface area contributed by atoms with Crippen molar-refractivity contribution in [2.45, 2.75) is 56.1 Å². The van der Waals surface area contributed by atoms with Crippen LogP contribution in [0.4, 0.5) is 29.6 Å². The number of amides is 2. The van der Waals surface area contributed by atoms with Crippen molar-refractivity contribution in [2.75, 3.05) is 25.6 Å². The highest BCUT2D eigenvalue weighted by Crippen LogP contribution is 2.39. The topological polar surface area (TPSA) is 133 Å². The molecule has 15 heteroatoms. The summed E-state index contributed by atoms with van der Waals surface area (Å²) < 4.78 is 78.8. The quantitative estimate of drug-likeness (QED) is 0.338. The molecular formula is C30H30F3N7O5. The Bertz CT molecular complexity index is 2010. The number of aryl methyl sites for hydroxylation is 1. The summed E-state index contributed by atoms with van der Waals surface area (Å²) in [6.07, 6.45) is -2.38. The van der Waals surface area contributed by atoms with Gasteiger partial charge in [-0.2, -0.15) is 13.2 Å². The van der Waals surface area contributed by atoms with Crippen LogP contribution in [0.5, 0.6) is 0 Å². The van der Waals surface area contributed by atoms with E-state index in [1.54, 1.807) is 4.90 Å². The fourth-order valence-electron chi connectivity index (χ4n) is 6.48. The summed E-state index contributed by atoms with van der Waals surface area (Å²) in [5.74, 6) is -0.518. The van der Waals surface area contributed by atoms with Gasteiger partial charge in [-0.05, 0) is 37.8 Å². The second-order valence-corrected chi connectivity index (χ2v) is 11.4. The molecule has 2 aliphatic carbocycles. The molecule has 12 nitrogen and oxygen atoms in total.